The van der Waals surface area contributed by atoms with Crippen LogP contribution in [0.25, 0.3) is 0 Å². The van der Waals surface area contributed by atoms with E-state index in [1.807, 2.05) is 44.2 Å². The van der Waals surface area contributed by atoms with Gasteiger partial charge in [-0.05, 0) is 24.3 Å². The van der Waals surface area contributed by atoms with E-state index in [9.17, 15) is 9.59 Å². The van der Waals surface area contributed by atoms with Crippen LogP contribution in [0.1, 0.15) is 32.3 Å². The molecular formula is C23H32N2O3. The van der Waals surface area contributed by atoms with E-state index in [1.54, 1.807) is 17.1 Å². The molecule has 28 heavy (non-hydrogen) atoms. The van der Waals surface area contributed by atoms with Crippen molar-refractivity contribution in [3.05, 3.63) is 72.9 Å². The Hall–Kier alpha value is -2.82. The van der Waals surface area contributed by atoms with Crippen molar-refractivity contribution in [2.24, 2.45) is 5.92 Å². The Kier molecular flexibility index (Phi) is 11.1. The van der Waals surface area contributed by atoms with Gasteiger partial charge in [-0.1, -0.05) is 75.6 Å². The maximum Gasteiger partial charge on any atom is 0.410 e. The number of benzene rings is 1. The molecule has 0 unspecified atom stereocenters. The predicted octanol–water partition coefficient (Wildman–Crippen LogP) is 4.48. The summed E-state index contributed by atoms with van der Waals surface area (Å²) < 4.78 is 5.36. The molecule has 152 valence electrons. The van der Waals surface area contributed by atoms with E-state index in [4.69, 9.17) is 4.74 Å². The highest BCUT2D eigenvalue weighted by Crippen LogP contribution is 2.17. The van der Waals surface area contributed by atoms with E-state index in [-0.39, 0.29) is 18.6 Å². The minimum atomic E-state index is -0.279. The van der Waals surface area contributed by atoms with Gasteiger partial charge >= 0.3 is 6.09 Å². The molecule has 5 nitrogen and oxygen atoms in total. The van der Waals surface area contributed by atoms with Gasteiger partial charge in [0, 0.05) is 25.2 Å². The molecule has 1 aliphatic rings. The molecular weight excluding hydrogens is 352 g/mol. The van der Waals surface area contributed by atoms with Crippen molar-refractivity contribution in [3.8, 4) is 0 Å². The van der Waals surface area contributed by atoms with Crippen LogP contribution in [0.2, 0.25) is 0 Å². The molecule has 1 heterocycles. The number of carbonyl (C=O) groups is 2. The van der Waals surface area contributed by atoms with Crippen LogP contribution in [0.5, 0.6) is 0 Å². The third-order valence-electron chi connectivity index (χ3n) is 4.41. The van der Waals surface area contributed by atoms with E-state index in [0.29, 0.717) is 31.1 Å². The molecule has 1 fully saturated rings. The number of likely N-dealkylation sites (tertiary alicyclic amines) is 1. The minimum absolute atomic E-state index is 0.149. The summed E-state index contributed by atoms with van der Waals surface area (Å²) in [5, 5.41) is 2.92. The summed E-state index contributed by atoms with van der Waals surface area (Å²) in [6.45, 7) is 13.4. The molecule has 0 bridgehead atoms. The summed E-state index contributed by atoms with van der Waals surface area (Å²) in [6, 6.07) is 9.64. The monoisotopic (exact) mass is 384 g/mol. The Bertz CT molecular complexity index is 660. The van der Waals surface area contributed by atoms with Crippen LogP contribution in [-0.4, -0.2) is 36.5 Å². The Morgan fingerprint density at radius 1 is 1.18 bits per heavy atom. The number of amides is 2. The Morgan fingerprint density at radius 2 is 1.82 bits per heavy atom. The van der Waals surface area contributed by atoms with Gasteiger partial charge in [0.2, 0.25) is 0 Å². The highest BCUT2D eigenvalue weighted by atomic mass is 16.6. The molecule has 1 aromatic carbocycles. The summed E-state index contributed by atoms with van der Waals surface area (Å²) in [4.78, 5) is 25.9. The zero-order valence-corrected chi connectivity index (χ0v) is 17.0. The molecule has 1 aromatic rings. The second kappa shape index (κ2) is 13.4. The van der Waals surface area contributed by atoms with Crippen molar-refractivity contribution < 1.29 is 14.3 Å². The first-order valence-electron chi connectivity index (χ1n) is 9.83. The van der Waals surface area contributed by atoms with Crippen LogP contribution in [0.4, 0.5) is 4.79 Å². The van der Waals surface area contributed by atoms with E-state index in [2.05, 4.69) is 18.5 Å². The third-order valence-corrected chi connectivity index (χ3v) is 4.41. The summed E-state index contributed by atoms with van der Waals surface area (Å²) in [5.74, 6) is 0.205. The van der Waals surface area contributed by atoms with Crippen LogP contribution >= 0.6 is 0 Å². The van der Waals surface area contributed by atoms with Gasteiger partial charge in [-0.25, -0.2) is 4.79 Å². The zero-order chi connectivity index (χ0) is 20.8. The maximum atomic E-state index is 12.2. The lowest BCUT2D eigenvalue weighted by atomic mass is 9.97. The zero-order valence-electron chi connectivity index (χ0n) is 17.0. The van der Waals surface area contributed by atoms with Crippen LogP contribution in [0, 0.1) is 5.92 Å². The van der Waals surface area contributed by atoms with Crippen molar-refractivity contribution in [1.82, 2.24) is 10.2 Å². The van der Waals surface area contributed by atoms with E-state index >= 15 is 0 Å². The lowest BCUT2D eigenvalue weighted by Gasteiger charge is -2.31. The first-order chi connectivity index (χ1) is 13.6. The fourth-order valence-electron chi connectivity index (χ4n) is 2.83. The minimum Gasteiger partial charge on any atom is -0.445 e. The SMILES string of the molecule is C=C/C=C(\C=C)C(=O)NCC1CCN(C(=O)OCc2ccccc2)CC1.CC. The molecule has 2 amide bonds. The van der Waals surface area contributed by atoms with Crippen molar-refractivity contribution in [3.63, 3.8) is 0 Å². The van der Waals surface area contributed by atoms with Gasteiger partial charge < -0.3 is 15.0 Å². The number of ether oxygens (including phenoxy) is 1. The third kappa shape index (κ3) is 7.82. The number of hydrogen-bond donors (Lipinski definition) is 1. The Labute approximate surface area is 168 Å². The number of rotatable bonds is 7. The summed E-state index contributed by atoms with van der Waals surface area (Å²) in [7, 11) is 0. The fraction of sp³-hybridized carbons (Fsp3) is 0.391. The van der Waals surface area contributed by atoms with Gasteiger partial charge in [-0.3, -0.25) is 4.79 Å². The number of nitrogens with zero attached hydrogens (tertiary/aromatic N) is 1. The van der Waals surface area contributed by atoms with Crippen molar-refractivity contribution in [2.45, 2.75) is 33.3 Å². The number of carbonyl (C=O) groups excluding carboxylic acids is 2. The van der Waals surface area contributed by atoms with Crippen LogP contribution < -0.4 is 5.32 Å². The van der Waals surface area contributed by atoms with Crippen LogP contribution in [0.3, 0.4) is 0 Å². The molecule has 0 saturated carbocycles. The maximum absolute atomic E-state index is 12.2. The molecule has 1 aliphatic heterocycles. The molecule has 1 saturated heterocycles. The Balaban J connectivity index is 0.00000190. The highest BCUT2D eigenvalue weighted by molar-refractivity contribution is 5.96. The average molecular weight is 385 g/mol. The molecule has 5 heteroatoms. The number of allylic oxidation sites excluding steroid dienone is 2. The first kappa shape index (κ1) is 23.2. The average Bonchev–Trinajstić information content (AvgIpc) is 2.76. The summed E-state index contributed by atoms with van der Waals surface area (Å²) >= 11 is 0. The van der Waals surface area contributed by atoms with E-state index < -0.39 is 0 Å². The molecule has 2 rings (SSSR count). The van der Waals surface area contributed by atoms with Gasteiger partial charge in [-0.2, -0.15) is 0 Å². The van der Waals surface area contributed by atoms with Gasteiger partial charge in [0.05, 0.1) is 0 Å². The molecule has 0 spiro atoms. The largest absolute Gasteiger partial charge is 0.445 e. The lowest BCUT2D eigenvalue weighted by Crippen LogP contribution is -2.41. The van der Waals surface area contributed by atoms with Crippen molar-refractivity contribution in [2.75, 3.05) is 19.6 Å². The predicted molar refractivity (Wildman–Crippen MR) is 114 cm³/mol. The number of piperidine rings is 1. The standard InChI is InChI=1S/C21H26N2O3.C2H6/c1-3-8-19(4-2)20(24)22-15-17-11-13-23(14-12-17)21(25)26-16-18-9-6-5-7-10-18;1-2/h3-10,17H,1-2,11-16H2,(H,22,24);1-2H3/b19-8+;. The van der Waals surface area contributed by atoms with Gasteiger partial charge in [0.25, 0.3) is 5.91 Å². The molecule has 1 N–H and O–H groups in total. The molecule has 0 atom stereocenters. The van der Waals surface area contributed by atoms with Gasteiger partial charge in [-0.15, -0.1) is 0 Å². The van der Waals surface area contributed by atoms with Crippen LogP contribution in [0.15, 0.2) is 67.3 Å². The molecule has 0 radical (unpaired) electrons. The first-order valence-corrected chi connectivity index (χ1v) is 9.83. The number of nitrogens with one attached hydrogen (secondary N) is 1. The van der Waals surface area contributed by atoms with E-state index in [0.717, 1.165) is 18.4 Å². The van der Waals surface area contributed by atoms with Crippen molar-refractivity contribution in [1.29, 1.82) is 0 Å². The quantitative estimate of drug-likeness (QED) is 0.557. The second-order valence-corrected chi connectivity index (χ2v) is 6.24. The fourth-order valence-corrected chi connectivity index (χ4v) is 2.83. The van der Waals surface area contributed by atoms with Gasteiger partial charge in [0.15, 0.2) is 0 Å². The smallest absolute Gasteiger partial charge is 0.410 e. The topological polar surface area (TPSA) is 58.6 Å². The summed E-state index contributed by atoms with van der Waals surface area (Å²) in [6.07, 6.45) is 6.12. The number of hydrogen-bond acceptors (Lipinski definition) is 3. The van der Waals surface area contributed by atoms with E-state index in [1.165, 1.54) is 6.08 Å². The molecule has 0 aliphatic carbocycles. The van der Waals surface area contributed by atoms with Crippen molar-refractivity contribution >= 4 is 12.0 Å². The Morgan fingerprint density at radius 3 is 2.39 bits per heavy atom. The normalized spacial score (nSPS) is 14.4. The second-order valence-electron chi connectivity index (χ2n) is 6.24. The summed E-state index contributed by atoms with van der Waals surface area (Å²) in [5.41, 5.74) is 1.48. The lowest BCUT2D eigenvalue weighted by molar-refractivity contribution is -0.117. The highest BCUT2D eigenvalue weighted by Gasteiger charge is 2.24. The van der Waals surface area contributed by atoms with Crippen LogP contribution in [-0.2, 0) is 16.1 Å². The molecule has 0 aromatic heterocycles. The van der Waals surface area contributed by atoms with Gasteiger partial charge in [0.1, 0.15) is 6.61 Å².